The zero-order valence-corrected chi connectivity index (χ0v) is 14.0. The van der Waals surface area contributed by atoms with Gasteiger partial charge in [-0.3, -0.25) is 0 Å². The first-order valence-corrected chi connectivity index (χ1v) is 8.95. The predicted molar refractivity (Wildman–Crippen MR) is 90.0 cm³/mol. The predicted octanol–water partition coefficient (Wildman–Crippen LogP) is 3.51. The Morgan fingerprint density at radius 2 is 1.62 bits per heavy atom. The summed E-state index contributed by atoms with van der Waals surface area (Å²) >= 11 is 0.125. The molecule has 108 valence electrons. The van der Waals surface area contributed by atoms with Crippen LogP contribution in [-0.2, 0) is 11.2 Å². The zero-order valence-electron chi connectivity index (χ0n) is 12.3. The van der Waals surface area contributed by atoms with Crippen molar-refractivity contribution in [2.45, 2.75) is 26.2 Å². The first-order valence-electron chi connectivity index (χ1n) is 7.23. The quantitative estimate of drug-likeness (QED) is 0.427. The number of hydrogen-bond donors (Lipinski definition) is 0. The van der Waals surface area contributed by atoms with Gasteiger partial charge < -0.3 is 0 Å². The van der Waals surface area contributed by atoms with Gasteiger partial charge in [-0.25, -0.2) is 0 Å². The summed E-state index contributed by atoms with van der Waals surface area (Å²) in [4.78, 5) is 11.8. The topological polar surface area (TPSA) is 17.1 Å². The van der Waals surface area contributed by atoms with Gasteiger partial charge in [-0.15, -0.1) is 0 Å². The summed E-state index contributed by atoms with van der Waals surface area (Å²) in [6.45, 7) is 1.67. The number of allylic oxidation sites excluding steroid dienone is 2. The third kappa shape index (κ3) is 5.71. The fourth-order valence-electron chi connectivity index (χ4n) is 2.06. The molecule has 0 aliphatic carbocycles. The van der Waals surface area contributed by atoms with E-state index in [9.17, 15) is 4.79 Å². The van der Waals surface area contributed by atoms with Crippen LogP contribution in [0.15, 0.2) is 71.2 Å². The van der Waals surface area contributed by atoms with Gasteiger partial charge in [0, 0.05) is 0 Å². The van der Waals surface area contributed by atoms with Crippen molar-refractivity contribution >= 4 is 25.2 Å². The molecular weight excluding hydrogens is 323 g/mol. The molecule has 0 N–H and O–H groups in total. The molecule has 0 saturated heterocycles. The molecule has 0 spiro atoms. The van der Waals surface area contributed by atoms with Crippen molar-refractivity contribution in [1.29, 1.82) is 0 Å². The number of unbranched alkanes of at least 4 members (excludes halogenated alkanes) is 1. The fourth-order valence-corrected chi connectivity index (χ4v) is 3.93. The zero-order chi connectivity index (χ0) is 14.9. The molecule has 0 aliphatic heterocycles. The number of aryl methyl sites for hydroxylation is 1. The minimum atomic E-state index is 0.125. The second kappa shape index (κ2) is 8.61. The van der Waals surface area contributed by atoms with Crippen molar-refractivity contribution in [2.24, 2.45) is 0 Å². The van der Waals surface area contributed by atoms with Gasteiger partial charge >= 0.3 is 133 Å². The van der Waals surface area contributed by atoms with Crippen LogP contribution in [0.5, 0.6) is 0 Å². The molecule has 0 unspecified atom stereocenters. The number of hydrogen-bond acceptors (Lipinski definition) is 1. The van der Waals surface area contributed by atoms with E-state index in [1.165, 1.54) is 10.0 Å². The van der Waals surface area contributed by atoms with E-state index in [0.717, 1.165) is 23.7 Å². The van der Waals surface area contributed by atoms with Crippen LogP contribution in [0.2, 0.25) is 0 Å². The molecule has 0 atom stereocenters. The van der Waals surface area contributed by atoms with Crippen molar-refractivity contribution in [3.8, 4) is 0 Å². The Morgan fingerprint density at radius 3 is 2.24 bits per heavy atom. The second-order valence-corrected chi connectivity index (χ2v) is 7.26. The Labute approximate surface area is 133 Å². The van der Waals surface area contributed by atoms with Gasteiger partial charge in [0.1, 0.15) is 0 Å². The van der Waals surface area contributed by atoms with E-state index in [1.54, 1.807) is 6.92 Å². The summed E-state index contributed by atoms with van der Waals surface area (Å²) in [6.07, 6.45) is 5.27. The van der Waals surface area contributed by atoms with Gasteiger partial charge in [0.15, 0.2) is 0 Å². The van der Waals surface area contributed by atoms with Crippen LogP contribution < -0.4 is 4.46 Å². The van der Waals surface area contributed by atoms with Crippen LogP contribution in [0.3, 0.4) is 0 Å². The third-order valence-electron chi connectivity index (χ3n) is 3.16. The first kappa shape index (κ1) is 15.8. The molecule has 0 bridgehead atoms. The number of Topliss-reactive ketones (excluding diaryl/α,β-unsaturated/α-hetero) is 1. The number of carbonyl (C=O) groups excluding carboxylic acids is 1. The van der Waals surface area contributed by atoms with Gasteiger partial charge in [0.05, 0.1) is 0 Å². The van der Waals surface area contributed by atoms with Crippen LogP contribution in [0.4, 0.5) is 0 Å². The molecule has 0 heterocycles. The van der Waals surface area contributed by atoms with E-state index in [0.29, 0.717) is 0 Å². The Bertz CT molecular complexity index is 587. The van der Waals surface area contributed by atoms with Crippen LogP contribution in [-0.4, -0.2) is 20.7 Å². The van der Waals surface area contributed by atoms with Crippen molar-refractivity contribution in [3.63, 3.8) is 0 Å². The second-order valence-electron chi connectivity index (χ2n) is 4.92. The van der Waals surface area contributed by atoms with Crippen LogP contribution in [0, 0.1) is 0 Å². The molecule has 0 aromatic heterocycles. The summed E-state index contributed by atoms with van der Waals surface area (Å²) in [6, 6.07) is 20.8. The Hall–Kier alpha value is -1.63. The summed E-state index contributed by atoms with van der Waals surface area (Å²) < 4.78 is 2.25. The van der Waals surface area contributed by atoms with E-state index in [2.05, 4.69) is 42.5 Å². The molecule has 0 aliphatic rings. The number of benzene rings is 2. The minimum absolute atomic E-state index is 0.125. The molecule has 1 nitrogen and oxygen atoms in total. The van der Waals surface area contributed by atoms with E-state index < -0.39 is 0 Å². The number of carbonyl (C=O) groups is 1. The van der Waals surface area contributed by atoms with Gasteiger partial charge in [-0.1, -0.05) is 0 Å². The fraction of sp³-hybridized carbons (Fsp3) is 0.211. The molecule has 0 radical (unpaired) electrons. The number of rotatable bonds is 7. The summed E-state index contributed by atoms with van der Waals surface area (Å²) in [5.41, 5.74) is 1.36. The van der Waals surface area contributed by atoms with Gasteiger partial charge in [-0.05, 0) is 0 Å². The molecule has 0 saturated carbocycles. The van der Waals surface area contributed by atoms with Crippen molar-refractivity contribution in [1.82, 2.24) is 0 Å². The van der Waals surface area contributed by atoms with Crippen LogP contribution in [0.1, 0.15) is 25.3 Å². The normalized spacial score (nSPS) is 11.4. The SMILES string of the molecule is CC(=O)C(=CCCCc1ccccc1)[Se]c1ccccc1. The molecule has 2 rings (SSSR count). The molecule has 0 fully saturated rings. The average molecular weight is 343 g/mol. The maximum atomic E-state index is 11.8. The Morgan fingerprint density at radius 1 is 1.00 bits per heavy atom. The van der Waals surface area contributed by atoms with Crippen LogP contribution >= 0.6 is 0 Å². The monoisotopic (exact) mass is 344 g/mol. The van der Waals surface area contributed by atoms with Crippen LogP contribution in [0.25, 0.3) is 0 Å². The Kier molecular flexibility index (Phi) is 6.46. The standard InChI is InChI=1S/C19H20OSe/c1-16(20)19(21-18-13-6-3-7-14-18)15-9-8-12-17-10-4-2-5-11-17/h2-7,10-11,13-15H,8-9,12H2,1H3. The average Bonchev–Trinajstić information content (AvgIpc) is 2.52. The third-order valence-corrected chi connectivity index (χ3v) is 5.64. The van der Waals surface area contributed by atoms with E-state index in [-0.39, 0.29) is 20.7 Å². The van der Waals surface area contributed by atoms with Crippen molar-refractivity contribution in [3.05, 3.63) is 76.8 Å². The van der Waals surface area contributed by atoms with E-state index >= 15 is 0 Å². The molecule has 2 aromatic rings. The van der Waals surface area contributed by atoms with Gasteiger partial charge in [0.25, 0.3) is 0 Å². The van der Waals surface area contributed by atoms with Gasteiger partial charge in [-0.2, -0.15) is 0 Å². The first-order chi connectivity index (χ1) is 10.3. The Balaban J connectivity index is 1.88. The molecule has 2 aromatic carbocycles. The van der Waals surface area contributed by atoms with Crippen molar-refractivity contribution in [2.75, 3.05) is 0 Å². The molecule has 0 amide bonds. The summed E-state index contributed by atoms with van der Waals surface area (Å²) in [7, 11) is 0. The van der Waals surface area contributed by atoms with Gasteiger partial charge in [0.2, 0.25) is 0 Å². The maximum absolute atomic E-state index is 11.8. The van der Waals surface area contributed by atoms with E-state index in [4.69, 9.17) is 0 Å². The van der Waals surface area contributed by atoms with Crippen molar-refractivity contribution < 1.29 is 4.79 Å². The molecular formula is C19H20OSe. The summed E-state index contributed by atoms with van der Waals surface area (Å²) in [5, 5.41) is 0. The van der Waals surface area contributed by atoms with E-state index in [1.807, 2.05) is 24.3 Å². The molecule has 21 heavy (non-hydrogen) atoms. The summed E-state index contributed by atoms with van der Waals surface area (Å²) in [5.74, 6) is 0.207. The number of ketones is 1. The molecule has 2 heteroatoms.